The van der Waals surface area contributed by atoms with Gasteiger partial charge in [0.15, 0.2) is 0 Å². The summed E-state index contributed by atoms with van der Waals surface area (Å²) in [6.07, 6.45) is 0. The van der Waals surface area contributed by atoms with Crippen LogP contribution in [0.25, 0.3) is 11.4 Å². The fourth-order valence-electron chi connectivity index (χ4n) is 1.30. The van der Waals surface area contributed by atoms with Crippen LogP contribution in [-0.2, 0) is 0 Å². The molecule has 0 fully saturated rings. The van der Waals surface area contributed by atoms with E-state index in [1.165, 1.54) is 0 Å². The molecule has 0 aliphatic rings. The van der Waals surface area contributed by atoms with Crippen LogP contribution in [0.5, 0.6) is 5.75 Å². The highest BCUT2D eigenvalue weighted by atomic mass is 35.5. The Bertz CT molecular complexity index is 482. The molecule has 0 saturated heterocycles. The first-order valence-electron chi connectivity index (χ1n) is 4.35. The van der Waals surface area contributed by atoms with Gasteiger partial charge in [-0.2, -0.15) is 4.98 Å². The van der Waals surface area contributed by atoms with Crippen LogP contribution in [0.2, 0.25) is 5.35 Å². The molecule has 2 rings (SSSR count). The quantitative estimate of drug-likeness (QED) is 0.787. The number of rotatable bonds is 2. The average Bonchev–Trinajstić information content (AvgIpc) is 2.64. The lowest BCUT2D eigenvalue weighted by molar-refractivity contribution is 0.411. The van der Waals surface area contributed by atoms with Crippen molar-refractivity contribution in [3.8, 4) is 17.1 Å². The lowest BCUT2D eigenvalue weighted by Crippen LogP contribution is -1.90. The van der Waals surface area contributed by atoms with Crippen LogP contribution in [0.1, 0.15) is 5.56 Å². The van der Waals surface area contributed by atoms with Crippen molar-refractivity contribution in [3.05, 3.63) is 29.1 Å². The van der Waals surface area contributed by atoms with E-state index in [9.17, 15) is 0 Å². The molecule has 0 N–H and O–H groups in total. The van der Waals surface area contributed by atoms with Crippen LogP contribution in [0, 0.1) is 6.92 Å². The number of ether oxygens (including phenoxy) is 1. The summed E-state index contributed by atoms with van der Waals surface area (Å²) in [7, 11) is 1.60. The zero-order valence-electron chi connectivity index (χ0n) is 8.32. The zero-order chi connectivity index (χ0) is 10.8. The normalized spacial score (nSPS) is 10.3. The molecule has 0 spiro atoms. The van der Waals surface area contributed by atoms with Crippen LogP contribution in [0.3, 0.4) is 0 Å². The summed E-state index contributed by atoms with van der Waals surface area (Å²) >= 11 is 5.56. The maximum absolute atomic E-state index is 5.56. The lowest BCUT2D eigenvalue weighted by Gasteiger charge is -2.05. The number of benzene rings is 1. The standard InChI is InChI=1S/C10H9ClN2O2/c1-6-3-4-7(8(5-6)14-2)9-12-10(11)15-13-9/h3-5H,1-2H3. The third kappa shape index (κ3) is 1.94. The molecule has 1 aromatic heterocycles. The highest BCUT2D eigenvalue weighted by Gasteiger charge is 2.11. The summed E-state index contributed by atoms with van der Waals surface area (Å²) in [6.45, 7) is 1.98. The molecule has 78 valence electrons. The first-order chi connectivity index (χ1) is 7.20. The van der Waals surface area contributed by atoms with Gasteiger partial charge in [-0.25, -0.2) is 0 Å². The number of methoxy groups -OCH3 is 1. The largest absolute Gasteiger partial charge is 0.496 e. The summed E-state index contributed by atoms with van der Waals surface area (Å²) in [6, 6.07) is 5.72. The predicted molar refractivity (Wildman–Crippen MR) is 56.0 cm³/mol. The number of hydrogen-bond acceptors (Lipinski definition) is 4. The van der Waals surface area contributed by atoms with Gasteiger partial charge in [0.1, 0.15) is 5.75 Å². The third-order valence-corrected chi connectivity index (χ3v) is 2.15. The van der Waals surface area contributed by atoms with Gasteiger partial charge in [0.25, 0.3) is 0 Å². The molecule has 4 nitrogen and oxygen atoms in total. The van der Waals surface area contributed by atoms with Crippen molar-refractivity contribution in [2.45, 2.75) is 6.92 Å². The van der Waals surface area contributed by atoms with E-state index in [4.69, 9.17) is 20.9 Å². The first-order valence-corrected chi connectivity index (χ1v) is 4.72. The van der Waals surface area contributed by atoms with Crippen molar-refractivity contribution in [2.24, 2.45) is 0 Å². The molecule has 0 aliphatic carbocycles. The van der Waals surface area contributed by atoms with E-state index in [0.717, 1.165) is 11.1 Å². The van der Waals surface area contributed by atoms with E-state index >= 15 is 0 Å². The molecule has 5 heteroatoms. The second-order valence-electron chi connectivity index (χ2n) is 3.07. The Morgan fingerprint density at radius 2 is 2.20 bits per heavy atom. The van der Waals surface area contributed by atoms with Crippen molar-refractivity contribution in [3.63, 3.8) is 0 Å². The van der Waals surface area contributed by atoms with Crippen molar-refractivity contribution in [2.75, 3.05) is 7.11 Å². The predicted octanol–water partition coefficient (Wildman–Crippen LogP) is 2.71. The summed E-state index contributed by atoms with van der Waals surface area (Å²) in [5.74, 6) is 1.13. The minimum Gasteiger partial charge on any atom is -0.496 e. The molecule has 0 radical (unpaired) electrons. The van der Waals surface area contributed by atoms with E-state index in [1.54, 1.807) is 7.11 Å². The second-order valence-corrected chi connectivity index (χ2v) is 3.40. The Hall–Kier alpha value is -1.55. The monoisotopic (exact) mass is 224 g/mol. The average molecular weight is 225 g/mol. The number of aromatic nitrogens is 2. The SMILES string of the molecule is COc1cc(C)ccc1-c1noc(Cl)n1. The first kappa shape index (κ1) is 9.98. The Kier molecular flexibility index (Phi) is 2.60. The Labute approximate surface area is 91.8 Å². The molecule has 0 unspecified atom stereocenters. The van der Waals surface area contributed by atoms with Crippen LogP contribution < -0.4 is 4.74 Å². The molecule has 0 saturated carbocycles. The summed E-state index contributed by atoms with van der Waals surface area (Å²) < 4.78 is 9.92. The highest BCUT2D eigenvalue weighted by molar-refractivity contribution is 6.27. The van der Waals surface area contributed by atoms with E-state index in [2.05, 4.69) is 10.1 Å². The van der Waals surface area contributed by atoms with Crippen LogP contribution in [-0.4, -0.2) is 17.3 Å². The topological polar surface area (TPSA) is 48.2 Å². The lowest BCUT2D eigenvalue weighted by atomic mass is 10.1. The van der Waals surface area contributed by atoms with Crippen LogP contribution in [0.15, 0.2) is 22.7 Å². The molecule has 0 aliphatic heterocycles. The Balaban J connectivity index is 2.52. The van der Waals surface area contributed by atoms with Crippen molar-refractivity contribution >= 4 is 11.6 Å². The number of nitrogens with zero attached hydrogens (tertiary/aromatic N) is 2. The van der Waals surface area contributed by atoms with Crippen LogP contribution >= 0.6 is 11.6 Å². The van der Waals surface area contributed by atoms with Gasteiger partial charge >= 0.3 is 5.35 Å². The molecule has 1 heterocycles. The summed E-state index contributed by atoms with van der Waals surface area (Å²) in [5.41, 5.74) is 1.86. The summed E-state index contributed by atoms with van der Waals surface area (Å²) in [4.78, 5) is 3.93. The molecular weight excluding hydrogens is 216 g/mol. The minimum absolute atomic E-state index is 0.0210. The smallest absolute Gasteiger partial charge is 0.320 e. The van der Waals surface area contributed by atoms with Gasteiger partial charge in [-0.3, -0.25) is 0 Å². The number of hydrogen-bond donors (Lipinski definition) is 0. The fraction of sp³-hybridized carbons (Fsp3) is 0.200. The molecule has 2 aromatic rings. The molecule has 0 atom stereocenters. The van der Waals surface area contributed by atoms with Crippen molar-refractivity contribution in [1.29, 1.82) is 0 Å². The van der Waals surface area contributed by atoms with Gasteiger partial charge in [0.2, 0.25) is 5.82 Å². The molecule has 0 amide bonds. The van der Waals surface area contributed by atoms with Gasteiger partial charge in [-0.05, 0) is 36.2 Å². The van der Waals surface area contributed by atoms with Gasteiger partial charge in [-0.15, -0.1) is 0 Å². The van der Waals surface area contributed by atoms with Gasteiger partial charge in [0, 0.05) is 0 Å². The maximum Gasteiger partial charge on any atom is 0.320 e. The van der Waals surface area contributed by atoms with Crippen LogP contribution in [0.4, 0.5) is 0 Å². The van der Waals surface area contributed by atoms with Crippen molar-refractivity contribution < 1.29 is 9.26 Å². The van der Waals surface area contributed by atoms with Gasteiger partial charge < -0.3 is 9.26 Å². The molecular formula is C10H9ClN2O2. The minimum atomic E-state index is 0.0210. The second kappa shape index (κ2) is 3.90. The van der Waals surface area contributed by atoms with Gasteiger partial charge in [-0.1, -0.05) is 11.2 Å². The molecule has 1 aromatic carbocycles. The van der Waals surface area contributed by atoms with E-state index in [1.807, 2.05) is 25.1 Å². The Morgan fingerprint density at radius 1 is 1.40 bits per heavy atom. The Morgan fingerprint density at radius 3 is 2.80 bits per heavy atom. The maximum atomic E-state index is 5.56. The highest BCUT2D eigenvalue weighted by Crippen LogP contribution is 2.29. The van der Waals surface area contributed by atoms with Crippen molar-refractivity contribution in [1.82, 2.24) is 10.1 Å². The molecule has 15 heavy (non-hydrogen) atoms. The number of halogens is 1. The van der Waals surface area contributed by atoms with Gasteiger partial charge in [0.05, 0.1) is 12.7 Å². The fourth-order valence-corrected chi connectivity index (χ4v) is 1.41. The summed E-state index contributed by atoms with van der Waals surface area (Å²) in [5, 5.41) is 3.75. The van der Waals surface area contributed by atoms with E-state index in [0.29, 0.717) is 11.6 Å². The molecule has 0 bridgehead atoms. The zero-order valence-corrected chi connectivity index (χ0v) is 9.08. The van der Waals surface area contributed by atoms with E-state index < -0.39 is 0 Å². The van der Waals surface area contributed by atoms with E-state index in [-0.39, 0.29) is 5.35 Å². The number of aryl methyl sites for hydroxylation is 1. The third-order valence-electron chi connectivity index (χ3n) is 2.00.